The Morgan fingerprint density at radius 2 is 1.51 bits per heavy atom. The number of carbonyl (C=O) groups is 2. The number of nitrogens with one attached hydrogen (secondary N) is 1. The van der Waals surface area contributed by atoms with Crippen molar-refractivity contribution in [2.24, 2.45) is 0 Å². The zero-order valence-corrected chi connectivity index (χ0v) is 28.1. The average molecular weight is 697 g/mol. The van der Waals surface area contributed by atoms with Gasteiger partial charge in [-0.3, -0.25) is 9.59 Å². The molecule has 0 spiro atoms. The summed E-state index contributed by atoms with van der Waals surface area (Å²) >= 11 is 12.4. The van der Waals surface area contributed by atoms with Crippen LogP contribution < -0.4 is 5.32 Å². The van der Waals surface area contributed by atoms with Gasteiger partial charge in [-0.2, -0.15) is 4.31 Å². The van der Waals surface area contributed by atoms with E-state index in [2.05, 4.69) is 5.32 Å². The van der Waals surface area contributed by atoms with E-state index in [0.29, 0.717) is 40.7 Å². The molecule has 1 saturated heterocycles. The maximum Gasteiger partial charge on any atom is 0.243 e. The summed E-state index contributed by atoms with van der Waals surface area (Å²) in [6.07, 6.45) is 2.36. The molecule has 1 fully saturated rings. The van der Waals surface area contributed by atoms with Crippen LogP contribution in [0.15, 0.2) is 102 Å². The number of rotatable bonds is 13. The van der Waals surface area contributed by atoms with Gasteiger partial charge in [-0.1, -0.05) is 83.9 Å². The summed E-state index contributed by atoms with van der Waals surface area (Å²) in [5.74, 6) is -1.05. The van der Waals surface area contributed by atoms with E-state index in [1.807, 2.05) is 30.3 Å². The molecule has 1 N–H and O–H groups in total. The molecule has 1 aliphatic heterocycles. The maximum absolute atomic E-state index is 14.0. The highest BCUT2D eigenvalue weighted by Gasteiger charge is 2.31. The monoisotopic (exact) mass is 695 g/mol. The number of aryl methyl sites for hydroxylation is 1. The van der Waals surface area contributed by atoms with Gasteiger partial charge in [0.15, 0.2) is 0 Å². The van der Waals surface area contributed by atoms with Gasteiger partial charge < -0.3 is 10.2 Å². The van der Waals surface area contributed by atoms with Crippen LogP contribution in [0.5, 0.6) is 0 Å². The quantitative estimate of drug-likeness (QED) is 0.167. The van der Waals surface area contributed by atoms with Gasteiger partial charge in [0.1, 0.15) is 11.9 Å². The first-order valence-corrected chi connectivity index (χ1v) is 17.7. The molecular formula is C36H36Cl2FN3O4S. The molecular weight excluding hydrogens is 660 g/mol. The summed E-state index contributed by atoms with van der Waals surface area (Å²) in [6.45, 7) is 1.25. The highest BCUT2D eigenvalue weighted by Crippen LogP contribution is 2.24. The topological polar surface area (TPSA) is 86.8 Å². The van der Waals surface area contributed by atoms with E-state index in [0.717, 1.165) is 24.0 Å². The van der Waals surface area contributed by atoms with E-state index < -0.39 is 21.9 Å². The van der Waals surface area contributed by atoms with E-state index in [9.17, 15) is 22.4 Å². The number of benzene rings is 4. The lowest BCUT2D eigenvalue weighted by Gasteiger charge is -2.32. The molecule has 0 radical (unpaired) electrons. The van der Waals surface area contributed by atoms with E-state index >= 15 is 0 Å². The van der Waals surface area contributed by atoms with Crippen molar-refractivity contribution in [1.82, 2.24) is 14.5 Å². The van der Waals surface area contributed by atoms with Crippen LogP contribution in [0.1, 0.15) is 41.5 Å². The van der Waals surface area contributed by atoms with Gasteiger partial charge in [-0.15, -0.1) is 0 Å². The van der Waals surface area contributed by atoms with Crippen molar-refractivity contribution in [3.05, 3.63) is 135 Å². The number of amides is 2. The molecule has 0 aliphatic carbocycles. The first-order valence-electron chi connectivity index (χ1n) is 15.5. The van der Waals surface area contributed by atoms with Crippen LogP contribution in [-0.2, 0) is 45.5 Å². The van der Waals surface area contributed by atoms with E-state index in [-0.39, 0.29) is 42.6 Å². The molecule has 0 aromatic heterocycles. The van der Waals surface area contributed by atoms with Crippen molar-refractivity contribution in [2.45, 2.75) is 56.1 Å². The maximum atomic E-state index is 14.0. The Balaban J connectivity index is 1.37. The summed E-state index contributed by atoms with van der Waals surface area (Å²) < 4.78 is 41.2. The lowest BCUT2D eigenvalue weighted by atomic mass is 10.0. The van der Waals surface area contributed by atoms with Crippen molar-refractivity contribution in [3.8, 4) is 0 Å². The summed E-state index contributed by atoms with van der Waals surface area (Å²) in [5.41, 5.74) is 3.00. The fourth-order valence-corrected chi connectivity index (χ4v) is 7.60. The molecule has 246 valence electrons. The molecule has 0 saturated carbocycles. The molecule has 1 aliphatic rings. The molecule has 0 unspecified atom stereocenters. The molecule has 4 aromatic carbocycles. The van der Waals surface area contributed by atoms with Crippen LogP contribution in [0.25, 0.3) is 0 Å². The van der Waals surface area contributed by atoms with Crippen LogP contribution in [0.3, 0.4) is 0 Å². The molecule has 0 bridgehead atoms. The molecule has 47 heavy (non-hydrogen) atoms. The van der Waals surface area contributed by atoms with Gasteiger partial charge in [0.05, 0.1) is 4.90 Å². The number of nitrogens with zero attached hydrogens (tertiary/aromatic N) is 2. The van der Waals surface area contributed by atoms with Crippen LogP contribution in [0.4, 0.5) is 4.39 Å². The summed E-state index contributed by atoms with van der Waals surface area (Å²) in [5, 5.41) is 3.84. The minimum atomic E-state index is -3.55. The number of sulfonamides is 1. The van der Waals surface area contributed by atoms with Crippen molar-refractivity contribution < 1.29 is 22.4 Å². The number of hydrogen-bond donors (Lipinski definition) is 1. The Bertz CT molecular complexity index is 1780. The SMILES string of the molecule is O=C(NCc1ccc(Cl)cc1Cl)[C@@H](Cc1ccccc1)N(Cc1ccc(F)cc1)C(=O)CCc1ccc(S(=O)(=O)N2CCCC2)cc1. The Morgan fingerprint density at radius 1 is 0.851 bits per heavy atom. The minimum absolute atomic E-state index is 0.0704. The zero-order chi connectivity index (χ0) is 33.4. The second-order valence-corrected chi connectivity index (χ2v) is 14.3. The normalized spacial score (nSPS) is 14.1. The number of hydrogen-bond acceptors (Lipinski definition) is 4. The Hall–Kier alpha value is -3.76. The third kappa shape index (κ3) is 9.20. The zero-order valence-electron chi connectivity index (χ0n) is 25.7. The largest absolute Gasteiger partial charge is 0.350 e. The van der Waals surface area contributed by atoms with E-state index in [4.69, 9.17) is 23.2 Å². The van der Waals surface area contributed by atoms with Gasteiger partial charge in [-0.05, 0) is 77.9 Å². The molecule has 5 rings (SSSR count). The first kappa shape index (κ1) is 34.6. The predicted molar refractivity (Wildman–Crippen MR) is 182 cm³/mol. The minimum Gasteiger partial charge on any atom is -0.350 e. The second-order valence-electron chi connectivity index (χ2n) is 11.6. The van der Waals surface area contributed by atoms with Gasteiger partial charge in [-0.25, -0.2) is 12.8 Å². The molecule has 1 atom stereocenters. The van der Waals surface area contributed by atoms with Gasteiger partial charge in [0.2, 0.25) is 21.8 Å². The van der Waals surface area contributed by atoms with Crippen LogP contribution in [0, 0.1) is 5.82 Å². The van der Waals surface area contributed by atoms with Gasteiger partial charge in [0.25, 0.3) is 0 Å². The lowest BCUT2D eigenvalue weighted by Crippen LogP contribution is -2.50. The molecule has 4 aromatic rings. The van der Waals surface area contributed by atoms with Crippen LogP contribution >= 0.6 is 23.2 Å². The number of carbonyl (C=O) groups excluding carboxylic acids is 2. The van der Waals surface area contributed by atoms with Crippen molar-refractivity contribution in [1.29, 1.82) is 0 Å². The Labute approximate surface area is 285 Å². The number of halogens is 3. The second kappa shape index (κ2) is 15.9. The molecule has 2 amide bonds. The smallest absolute Gasteiger partial charge is 0.243 e. The van der Waals surface area contributed by atoms with Crippen LogP contribution in [-0.4, -0.2) is 48.6 Å². The lowest BCUT2D eigenvalue weighted by molar-refractivity contribution is -0.141. The fraction of sp³-hybridized carbons (Fsp3) is 0.278. The van der Waals surface area contributed by atoms with E-state index in [1.54, 1.807) is 54.6 Å². The van der Waals surface area contributed by atoms with Crippen molar-refractivity contribution in [2.75, 3.05) is 13.1 Å². The van der Waals surface area contributed by atoms with Gasteiger partial charge in [0, 0.05) is 49.1 Å². The summed E-state index contributed by atoms with van der Waals surface area (Å²) in [4.78, 5) is 29.7. The molecule has 7 nitrogen and oxygen atoms in total. The molecule has 1 heterocycles. The third-order valence-electron chi connectivity index (χ3n) is 8.26. The van der Waals surface area contributed by atoms with Crippen molar-refractivity contribution in [3.63, 3.8) is 0 Å². The average Bonchev–Trinajstić information content (AvgIpc) is 3.63. The summed E-state index contributed by atoms with van der Waals surface area (Å²) in [6, 6.07) is 26.0. The highest BCUT2D eigenvalue weighted by molar-refractivity contribution is 7.89. The third-order valence-corrected chi connectivity index (χ3v) is 10.8. The molecule has 11 heteroatoms. The highest BCUT2D eigenvalue weighted by atomic mass is 35.5. The summed E-state index contributed by atoms with van der Waals surface area (Å²) in [7, 11) is -3.55. The Kier molecular flexibility index (Phi) is 11.7. The van der Waals surface area contributed by atoms with Crippen LogP contribution in [0.2, 0.25) is 10.0 Å². The first-order chi connectivity index (χ1) is 22.6. The van der Waals surface area contributed by atoms with Gasteiger partial charge >= 0.3 is 0 Å². The van der Waals surface area contributed by atoms with E-state index in [1.165, 1.54) is 21.3 Å². The fourth-order valence-electron chi connectivity index (χ4n) is 5.61. The van der Waals surface area contributed by atoms with Crippen molar-refractivity contribution >= 4 is 45.0 Å². The Morgan fingerprint density at radius 3 is 2.17 bits per heavy atom. The standard InChI is InChI=1S/C36H36Cl2FN3O4S/c37-30-14-13-29(33(38)23-30)24-40-36(44)34(22-27-6-2-1-3-7-27)42(25-28-8-15-31(39)16-9-28)35(43)19-12-26-10-17-32(18-11-26)47(45,46)41-20-4-5-21-41/h1-3,6-11,13-18,23,34H,4-5,12,19-22,24-25H2,(H,40,44)/t34-/m1/s1. The predicted octanol–water partition coefficient (Wildman–Crippen LogP) is 6.81.